The van der Waals surface area contributed by atoms with E-state index < -0.39 is 6.43 Å². The zero-order valence-electron chi connectivity index (χ0n) is 11.3. The second-order valence-corrected chi connectivity index (χ2v) is 5.58. The van der Waals surface area contributed by atoms with Crippen LogP contribution < -0.4 is 0 Å². The predicted octanol–water partition coefficient (Wildman–Crippen LogP) is 4.28. The summed E-state index contributed by atoms with van der Waals surface area (Å²) in [6, 6.07) is 0. The molecule has 1 unspecified atom stereocenters. The number of carbonyl (C=O) groups excluding carboxylic acids is 1. The van der Waals surface area contributed by atoms with Crippen LogP contribution in [-0.4, -0.2) is 30.5 Å². The van der Waals surface area contributed by atoms with Gasteiger partial charge in [0.25, 0.3) is 0 Å². The standard InChI is InChI=1S/C13H24F2O2S/c1-3-8-11(13(16)17-2)18-10-7-5-4-6-9-12(14)15/h11-12H,3-10H2,1-2H3. The molecule has 0 aliphatic carbocycles. The van der Waals surface area contributed by atoms with Crippen molar-refractivity contribution in [3.8, 4) is 0 Å². The fraction of sp³-hybridized carbons (Fsp3) is 0.923. The topological polar surface area (TPSA) is 26.3 Å². The van der Waals surface area contributed by atoms with Crippen LogP contribution in [0.4, 0.5) is 8.78 Å². The van der Waals surface area contributed by atoms with Gasteiger partial charge in [-0.15, -0.1) is 11.8 Å². The van der Waals surface area contributed by atoms with Gasteiger partial charge >= 0.3 is 5.97 Å². The molecule has 0 heterocycles. The Labute approximate surface area is 113 Å². The minimum absolute atomic E-state index is 0.00770. The lowest BCUT2D eigenvalue weighted by Gasteiger charge is -2.12. The fourth-order valence-corrected chi connectivity index (χ4v) is 2.93. The summed E-state index contributed by atoms with van der Waals surface area (Å²) in [5.74, 6) is 0.744. The molecular formula is C13H24F2O2S. The molecule has 0 fully saturated rings. The summed E-state index contributed by atoms with van der Waals surface area (Å²) in [6.45, 7) is 2.04. The van der Waals surface area contributed by atoms with E-state index in [1.807, 2.05) is 6.92 Å². The quantitative estimate of drug-likeness (QED) is 0.418. The summed E-state index contributed by atoms with van der Waals surface area (Å²) in [7, 11) is 1.41. The molecule has 0 saturated carbocycles. The molecule has 18 heavy (non-hydrogen) atoms. The maximum atomic E-state index is 11.9. The average molecular weight is 282 g/mol. The zero-order chi connectivity index (χ0) is 13.8. The van der Waals surface area contributed by atoms with Crippen LogP contribution in [0.15, 0.2) is 0 Å². The van der Waals surface area contributed by atoms with Crippen molar-refractivity contribution in [2.45, 2.75) is 63.5 Å². The second kappa shape index (κ2) is 11.8. The first-order valence-electron chi connectivity index (χ1n) is 6.59. The number of hydrogen-bond donors (Lipinski definition) is 0. The Morgan fingerprint density at radius 3 is 2.39 bits per heavy atom. The molecule has 0 aromatic rings. The molecule has 0 radical (unpaired) electrons. The van der Waals surface area contributed by atoms with E-state index in [2.05, 4.69) is 0 Å². The lowest BCUT2D eigenvalue weighted by molar-refractivity contribution is -0.140. The first kappa shape index (κ1) is 17.7. The largest absolute Gasteiger partial charge is 0.468 e. The third kappa shape index (κ3) is 9.68. The van der Waals surface area contributed by atoms with E-state index in [0.717, 1.165) is 37.9 Å². The lowest BCUT2D eigenvalue weighted by Crippen LogP contribution is -2.19. The van der Waals surface area contributed by atoms with E-state index in [9.17, 15) is 13.6 Å². The first-order chi connectivity index (χ1) is 8.61. The highest BCUT2D eigenvalue weighted by Gasteiger charge is 2.17. The number of thioether (sulfide) groups is 1. The molecule has 0 N–H and O–H groups in total. The molecule has 0 amide bonds. The van der Waals surface area contributed by atoms with Crippen LogP contribution in [0.2, 0.25) is 0 Å². The maximum absolute atomic E-state index is 11.9. The van der Waals surface area contributed by atoms with Crippen molar-refractivity contribution in [1.29, 1.82) is 0 Å². The van der Waals surface area contributed by atoms with Crippen molar-refractivity contribution in [1.82, 2.24) is 0 Å². The van der Waals surface area contributed by atoms with E-state index in [4.69, 9.17) is 4.74 Å². The smallest absolute Gasteiger partial charge is 0.318 e. The van der Waals surface area contributed by atoms with Crippen molar-refractivity contribution in [2.24, 2.45) is 0 Å². The van der Waals surface area contributed by atoms with Crippen molar-refractivity contribution in [3.63, 3.8) is 0 Å². The van der Waals surface area contributed by atoms with Gasteiger partial charge in [0.05, 0.1) is 7.11 Å². The van der Waals surface area contributed by atoms with E-state index in [-0.39, 0.29) is 17.6 Å². The van der Waals surface area contributed by atoms with Crippen molar-refractivity contribution >= 4 is 17.7 Å². The average Bonchev–Trinajstić information content (AvgIpc) is 2.35. The van der Waals surface area contributed by atoms with Gasteiger partial charge in [0.15, 0.2) is 0 Å². The summed E-state index contributed by atoms with van der Waals surface area (Å²) in [6.07, 6.45) is 3.01. The molecule has 0 aromatic carbocycles. The van der Waals surface area contributed by atoms with Crippen LogP contribution in [0.3, 0.4) is 0 Å². The highest BCUT2D eigenvalue weighted by atomic mass is 32.2. The third-order valence-electron chi connectivity index (χ3n) is 2.65. The summed E-state index contributed by atoms with van der Waals surface area (Å²) in [4.78, 5) is 11.4. The van der Waals surface area contributed by atoms with Crippen molar-refractivity contribution in [2.75, 3.05) is 12.9 Å². The van der Waals surface area contributed by atoms with Gasteiger partial charge in [0.1, 0.15) is 5.25 Å². The predicted molar refractivity (Wildman–Crippen MR) is 72.3 cm³/mol. The van der Waals surface area contributed by atoms with Crippen LogP contribution in [0.1, 0.15) is 51.9 Å². The summed E-state index contributed by atoms with van der Waals surface area (Å²) >= 11 is 1.62. The zero-order valence-corrected chi connectivity index (χ0v) is 12.1. The summed E-state index contributed by atoms with van der Waals surface area (Å²) in [5.41, 5.74) is 0. The molecule has 0 saturated heterocycles. The Bertz CT molecular complexity index is 213. The van der Waals surface area contributed by atoms with E-state index in [0.29, 0.717) is 6.42 Å². The lowest BCUT2D eigenvalue weighted by atomic mass is 10.2. The summed E-state index contributed by atoms with van der Waals surface area (Å²) < 4.78 is 28.5. The minimum Gasteiger partial charge on any atom is -0.468 e. The monoisotopic (exact) mass is 282 g/mol. The SMILES string of the molecule is CCCC(SCCCCCCC(F)F)C(=O)OC. The van der Waals surface area contributed by atoms with Gasteiger partial charge in [-0.05, 0) is 25.0 Å². The minimum atomic E-state index is -2.17. The Morgan fingerprint density at radius 2 is 1.83 bits per heavy atom. The Kier molecular flexibility index (Phi) is 11.5. The fourth-order valence-electron chi connectivity index (χ4n) is 1.64. The number of esters is 1. The summed E-state index contributed by atoms with van der Waals surface area (Å²) in [5, 5.41) is -0.0685. The maximum Gasteiger partial charge on any atom is 0.318 e. The van der Waals surface area contributed by atoms with Crippen LogP contribution in [-0.2, 0) is 9.53 Å². The molecule has 0 aliphatic heterocycles. The first-order valence-corrected chi connectivity index (χ1v) is 7.64. The number of carbonyl (C=O) groups is 1. The number of unbranched alkanes of at least 4 members (excludes halogenated alkanes) is 3. The molecule has 0 spiro atoms. The van der Waals surface area contributed by atoms with Gasteiger partial charge in [-0.25, -0.2) is 8.78 Å². The number of methoxy groups -OCH3 is 1. The number of rotatable bonds is 11. The van der Waals surface area contributed by atoms with Crippen LogP contribution >= 0.6 is 11.8 Å². The molecule has 2 nitrogen and oxygen atoms in total. The van der Waals surface area contributed by atoms with Crippen LogP contribution in [0, 0.1) is 0 Å². The van der Waals surface area contributed by atoms with Gasteiger partial charge in [-0.3, -0.25) is 4.79 Å². The van der Waals surface area contributed by atoms with Crippen LogP contribution in [0.25, 0.3) is 0 Å². The van der Waals surface area contributed by atoms with Gasteiger partial charge in [-0.1, -0.05) is 26.2 Å². The number of alkyl halides is 2. The number of hydrogen-bond acceptors (Lipinski definition) is 3. The molecule has 0 aromatic heterocycles. The molecule has 0 aliphatic rings. The Morgan fingerprint density at radius 1 is 1.17 bits per heavy atom. The van der Waals surface area contributed by atoms with E-state index in [1.165, 1.54) is 7.11 Å². The van der Waals surface area contributed by atoms with E-state index >= 15 is 0 Å². The molecule has 0 bridgehead atoms. The van der Waals surface area contributed by atoms with Crippen LogP contribution in [0.5, 0.6) is 0 Å². The Balaban J connectivity index is 3.52. The molecule has 5 heteroatoms. The van der Waals surface area contributed by atoms with Crippen molar-refractivity contribution < 1.29 is 18.3 Å². The molecule has 1 atom stereocenters. The molecule has 108 valence electrons. The Hall–Kier alpha value is -0.320. The molecule has 0 rings (SSSR count). The molecular weight excluding hydrogens is 258 g/mol. The second-order valence-electron chi connectivity index (χ2n) is 4.27. The highest BCUT2D eigenvalue weighted by molar-refractivity contribution is 8.00. The van der Waals surface area contributed by atoms with Gasteiger partial charge < -0.3 is 4.74 Å². The van der Waals surface area contributed by atoms with Gasteiger partial charge in [0.2, 0.25) is 6.43 Å². The van der Waals surface area contributed by atoms with Gasteiger partial charge in [0, 0.05) is 6.42 Å². The number of halogens is 2. The normalized spacial score (nSPS) is 12.7. The number of ether oxygens (including phenoxy) is 1. The van der Waals surface area contributed by atoms with Gasteiger partial charge in [-0.2, -0.15) is 0 Å². The third-order valence-corrected chi connectivity index (χ3v) is 4.01. The van der Waals surface area contributed by atoms with E-state index in [1.54, 1.807) is 11.8 Å². The van der Waals surface area contributed by atoms with Crippen molar-refractivity contribution in [3.05, 3.63) is 0 Å². The highest BCUT2D eigenvalue weighted by Crippen LogP contribution is 2.20.